The highest BCUT2D eigenvalue weighted by atomic mass is 35.5. The third-order valence-electron chi connectivity index (χ3n) is 4.58. The van der Waals surface area contributed by atoms with Gasteiger partial charge >= 0.3 is 17.8 Å². The molecular weight excluding hydrogens is 450 g/mol. The molecule has 0 unspecified atom stereocenters. The maximum atomic E-state index is 12.0. The summed E-state index contributed by atoms with van der Waals surface area (Å²) in [5.41, 5.74) is 0.777. The number of anilines is 3. The number of benzene rings is 1. The molecule has 1 aromatic carbocycles. The fourth-order valence-corrected chi connectivity index (χ4v) is 3.19. The molecule has 1 aliphatic carbocycles. The van der Waals surface area contributed by atoms with Gasteiger partial charge in [-0.05, 0) is 37.1 Å². The fraction of sp³-hybridized carbons (Fsp3) is 0.318. The number of nitrogens with one attached hydrogen (secondary N) is 3. The van der Waals surface area contributed by atoms with Gasteiger partial charge in [0, 0.05) is 36.0 Å². The van der Waals surface area contributed by atoms with Crippen molar-refractivity contribution in [2.45, 2.75) is 32.1 Å². The molecule has 10 nitrogen and oxygen atoms in total. The summed E-state index contributed by atoms with van der Waals surface area (Å²) in [5, 5.41) is 20.3. The van der Waals surface area contributed by atoms with Crippen LogP contribution in [0.15, 0.2) is 51.8 Å². The first kappa shape index (κ1) is 25.8. The third kappa shape index (κ3) is 8.87. The van der Waals surface area contributed by atoms with Gasteiger partial charge in [-0.25, -0.2) is 0 Å². The van der Waals surface area contributed by atoms with Crippen LogP contribution in [0.3, 0.4) is 0 Å². The zero-order chi connectivity index (χ0) is 24.1. The number of aliphatic hydroxyl groups is 1. The van der Waals surface area contributed by atoms with Crippen LogP contribution in [0.4, 0.5) is 17.4 Å². The van der Waals surface area contributed by atoms with Crippen molar-refractivity contribution >= 4 is 41.2 Å². The molecule has 2 aromatic heterocycles. The van der Waals surface area contributed by atoms with Crippen LogP contribution >= 0.6 is 11.6 Å². The number of hydrogen-bond acceptors (Lipinski definition) is 8. The van der Waals surface area contributed by atoms with E-state index in [-0.39, 0.29) is 17.5 Å². The highest BCUT2D eigenvalue weighted by molar-refractivity contribution is 6.30. The molecule has 4 N–H and O–H groups in total. The molecule has 1 fully saturated rings. The lowest BCUT2D eigenvalue weighted by Gasteiger charge is -2.14. The molecule has 0 spiro atoms. The normalized spacial score (nSPS) is 12.9. The zero-order valence-electron chi connectivity index (χ0n) is 18.1. The quantitative estimate of drug-likeness (QED) is 0.407. The molecule has 1 aliphatic rings. The van der Waals surface area contributed by atoms with Crippen molar-refractivity contribution in [2.75, 3.05) is 17.7 Å². The number of aromatic amines is 1. The summed E-state index contributed by atoms with van der Waals surface area (Å²) in [6, 6.07) is 9.71. The number of rotatable bonds is 5. The first-order valence-corrected chi connectivity index (χ1v) is 10.7. The van der Waals surface area contributed by atoms with Gasteiger partial charge in [-0.3, -0.25) is 9.59 Å². The minimum absolute atomic E-state index is 0.0545. The Labute approximate surface area is 195 Å². The molecule has 33 heavy (non-hydrogen) atoms. The van der Waals surface area contributed by atoms with Crippen LogP contribution in [0.2, 0.25) is 5.02 Å². The van der Waals surface area contributed by atoms with E-state index < -0.39 is 5.91 Å². The number of aromatic nitrogens is 3. The Morgan fingerprint density at radius 1 is 1.15 bits per heavy atom. The van der Waals surface area contributed by atoms with Gasteiger partial charge in [-0.2, -0.15) is 0 Å². The van der Waals surface area contributed by atoms with Crippen molar-refractivity contribution in [2.24, 2.45) is 5.92 Å². The Balaban J connectivity index is 0.000000323. The SMILES string of the molecule is CO.O=C(Nc1ccc(=O)[nH]c1)c1nnc(Nc2cccc(Cl)c2)o1.O=CC1CCCCC1. The van der Waals surface area contributed by atoms with Crippen molar-refractivity contribution in [3.63, 3.8) is 0 Å². The van der Waals surface area contributed by atoms with Gasteiger partial charge in [0.1, 0.15) is 6.29 Å². The van der Waals surface area contributed by atoms with Gasteiger partial charge in [0.15, 0.2) is 0 Å². The number of amides is 1. The Morgan fingerprint density at radius 3 is 2.52 bits per heavy atom. The van der Waals surface area contributed by atoms with Crippen LogP contribution in [0.25, 0.3) is 0 Å². The summed E-state index contributed by atoms with van der Waals surface area (Å²) in [7, 11) is 1.00. The second kappa shape index (κ2) is 13.8. The average molecular weight is 476 g/mol. The molecule has 0 radical (unpaired) electrons. The summed E-state index contributed by atoms with van der Waals surface area (Å²) in [5.74, 6) is -0.409. The third-order valence-corrected chi connectivity index (χ3v) is 4.81. The molecule has 0 atom stereocenters. The van der Waals surface area contributed by atoms with Crippen molar-refractivity contribution in [1.82, 2.24) is 15.2 Å². The lowest BCUT2D eigenvalue weighted by atomic mass is 9.91. The number of halogens is 1. The van der Waals surface area contributed by atoms with Crippen LogP contribution in [-0.4, -0.2) is 39.6 Å². The van der Waals surface area contributed by atoms with E-state index in [1.165, 1.54) is 37.6 Å². The van der Waals surface area contributed by atoms with Crippen LogP contribution in [0.1, 0.15) is 42.8 Å². The second-order valence-corrected chi connectivity index (χ2v) is 7.41. The number of nitrogens with zero attached hydrogens (tertiary/aromatic N) is 2. The van der Waals surface area contributed by atoms with Gasteiger partial charge in [0.2, 0.25) is 5.56 Å². The Morgan fingerprint density at radius 2 is 1.91 bits per heavy atom. The van der Waals surface area contributed by atoms with E-state index in [2.05, 4.69) is 25.8 Å². The van der Waals surface area contributed by atoms with E-state index in [1.807, 2.05) is 0 Å². The van der Waals surface area contributed by atoms with E-state index in [0.29, 0.717) is 22.3 Å². The van der Waals surface area contributed by atoms with E-state index in [4.69, 9.17) is 21.1 Å². The number of hydrogen-bond donors (Lipinski definition) is 4. The number of aldehydes is 1. The molecule has 0 aliphatic heterocycles. The molecule has 0 saturated heterocycles. The van der Waals surface area contributed by atoms with Gasteiger partial charge < -0.3 is 29.9 Å². The predicted octanol–water partition coefficient (Wildman–Crippen LogP) is 3.78. The number of carbonyl (C=O) groups is 2. The van der Waals surface area contributed by atoms with Crippen LogP contribution in [0.5, 0.6) is 0 Å². The Kier molecular flexibility index (Phi) is 10.8. The zero-order valence-corrected chi connectivity index (χ0v) is 18.8. The number of pyridine rings is 1. The molecule has 2 heterocycles. The molecular formula is C22H26ClN5O5. The minimum Gasteiger partial charge on any atom is -0.400 e. The van der Waals surface area contributed by atoms with E-state index in [0.717, 1.165) is 26.2 Å². The van der Waals surface area contributed by atoms with Gasteiger partial charge in [-0.1, -0.05) is 42.0 Å². The summed E-state index contributed by atoms with van der Waals surface area (Å²) >= 11 is 5.87. The van der Waals surface area contributed by atoms with Crippen LogP contribution < -0.4 is 16.2 Å². The van der Waals surface area contributed by atoms with Gasteiger partial charge in [0.05, 0.1) is 5.69 Å². The monoisotopic (exact) mass is 475 g/mol. The first-order valence-electron chi connectivity index (χ1n) is 10.3. The maximum Gasteiger partial charge on any atom is 0.320 e. The summed E-state index contributed by atoms with van der Waals surface area (Å²) in [6.45, 7) is 0. The van der Waals surface area contributed by atoms with Crippen molar-refractivity contribution in [1.29, 1.82) is 0 Å². The molecule has 0 bridgehead atoms. The molecule has 11 heteroatoms. The standard InChI is InChI=1S/C14H10ClN5O3.C7H12O.CH4O/c15-8-2-1-3-9(6-8)18-14-20-19-13(23-14)12(22)17-10-4-5-11(21)16-7-10;8-6-7-4-2-1-3-5-7;1-2/h1-7H,(H,16,21)(H,17,22)(H,18,20);6-7H,1-5H2;2H,1H3. The fourth-order valence-electron chi connectivity index (χ4n) is 3.00. The van der Waals surface area contributed by atoms with Crippen molar-refractivity contribution in [3.8, 4) is 0 Å². The van der Waals surface area contributed by atoms with Crippen molar-refractivity contribution in [3.05, 3.63) is 63.9 Å². The number of carbonyl (C=O) groups excluding carboxylic acids is 2. The summed E-state index contributed by atoms with van der Waals surface area (Å²) in [4.78, 5) is 35.5. The molecule has 176 valence electrons. The Bertz CT molecular complexity index is 1060. The lowest BCUT2D eigenvalue weighted by molar-refractivity contribution is -0.111. The highest BCUT2D eigenvalue weighted by Gasteiger charge is 2.15. The predicted molar refractivity (Wildman–Crippen MR) is 125 cm³/mol. The van der Waals surface area contributed by atoms with Crippen LogP contribution in [0, 0.1) is 5.92 Å². The minimum atomic E-state index is -0.594. The largest absolute Gasteiger partial charge is 0.400 e. The second-order valence-electron chi connectivity index (χ2n) is 6.98. The van der Waals surface area contributed by atoms with Crippen molar-refractivity contribution < 1.29 is 19.1 Å². The molecule has 4 rings (SSSR count). The van der Waals surface area contributed by atoms with E-state index in [1.54, 1.807) is 24.3 Å². The van der Waals surface area contributed by atoms with E-state index in [9.17, 15) is 14.4 Å². The number of aliphatic hydroxyl groups excluding tert-OH is 1. The Hall–Kier alpha value is -3.50. The summed E-state index contributed by atoms with van der Waals surface area (Å²) < 4.78 is 5.22. The highest BCUT2D eigenvalue weighted by Crippen LogP contribution is 2.21. The molecule has 1 saturated carbocycles. The maximum absolute atomic E-state index is 12.0. The van der Waals surface area contributed by atoms with E-state index >= 15 is 0 Å². The molecule has 1 amide bonds. The molecule has 3 aromatic rings. The smallest absolute Gasteiger partial charge is 0.320 e. The van der Waals surface area contributed by atoms with Gasteiger partial charge in [0.25, 0.3) is 0 Å². The first-order chi connectivity index (χ1) is 16.0. The number of H-pyrrole nitrogens is 1. The average Bonchev–Trinajstić information content (AvgIpc) is 3.31. The summed E-state index contributed by atoms with van der Waals surface area (Å²) in [6.07, 6.45) is 8.63. The topological polar surface area (TPSA) is 150 Å². The lowest BCUT2D eigenvalue weighted by Crippen LogP contribution is -2.14. The van der Waals surface area contributed by atoms with Crippen LogP contribution in [-0.2, 0) is 4.79 Å². The van der Waals surface area contributed by atoms with Gasteiger partial charge in [-0.15, -0.1) is 5.10 Å².